The van der Waals surface area contributed by atoms with E-state index in [1.165, 1.54) is 28.7 Å². The number of aryl methyl sites for hydroxylation is 1. The number of anilines is 1. The van der Waals surface area contributed by atoms with Crippen LogP contribution in [0.2, 0.25) is 5.02 Å². The van der Waals surface area contributed by atoms with E-state index in [-0.39, 0.29) is 17.6 Å². The van der Waals surface area contributed by atoms with Crippen LogP contribution in [0, 0.1) is 18.7 Å². The van der Waals surface area contributed by atoms with E-state index in [0.29, 0.717) is 5.69 Å². The van der Waals surface area contributed by atoms with Gasteiger partial charge in [0.05, 0.1) is 0 Å². The van der Waals surface area contributed by atoms with Gasteiger partial charge in [0.1, 0.15) is 5.82 Å². The number of amides is 1. The molecular formula is C29H29ClFN3O. The lowest BCUT2D eigenvalue weighted by Gasteiger charge is -2.31. The van der Waals surface area contributed by atoms with Gasteiger partial charge in [0.15, 0.2) is 0 Å². The number of para-hydroxylation sites is 1. The van der Waals surface area contributed by atoms with Crippen LogP contribution >= 0.6 is 11.6 Å². The number of fused-ring (bicyclic) bond motifs is 1. The molecule has 1 saturated heterocycles. The maximum atomic E-state index is 13.4. The van der Waals surface area contributed by atoms with Gasteiger partial charge >= 0.3 is 0 Å². The minimum atomic E-state index is -0.291. The van der Waals surface area contributed by atoms with Crippen molar-refractivity contribution in [1.82, 2.24) is 9.47 Å². The zero-order valence-electron chi connectivity index (χ0n) is 19.8. The molecule has 1 aliphatic heterocycles. The molecule has 4 nitrogen and oxygen atoms in total. The van der Waals surface area contributed by atoms with Crippen LogP contribution in [0.25, 0.3) is 10.9 Å². The van der Waals surface area contributed by atoms with Crippen molar-refractivity contribution in [3.63, 3.8) is 0 Å². The molecule has 35 heavy (non-hydrogen) atoms. The molecule has 2 heterocycles. The van der Waals surface area contributed by atoms with Crippen molar-refractivity contribution in [1.29, 1.82) is 0 Å². The molecule has 1 fully saturated rings. The fourth-order valence-electron chi connectivity index (χ4n) is 4.97. The number of nitrogens with zero attached hydrogens (tertiary/aromatic N) is 2. The molecule has 4 aromatic rings. The molecule has 3 aromatic carbocycles. The number of aromatic nitrogens is 1. The van der Waals surface area contributed by atoms with Gasteiger partial charge in [-0.25, -0.2) is 4.39 Å². The van der Waals surface area contributed by atoms with Gasteiger partial charge in [-0.05, 0) is 85.8 Å². The van der Waals surface area contributed by atoms with Crippen molar-refractivity contribution in [3.8, 4) is 0 Å². The van der Waals surface area contributed by atoms with Crippen molar-refractivity contribution in [2.75, 3.05) is 18.4 Å². The second-order valence-electron chi connectivity index (χ2n) is 9.37. The van der Waals surface area contributed by atoms with Gasteiger partial charge in [0, 0.05) is 40.9 Å². The highest BCUT2D eigenvalue weighted by Gasteiger charge is 2.26. The largest absolute Gasteiger partial charge is 0.339 e. The topological polar surface area (TPSA) is 37.3 Å². The molecular weight excluding hydrogens is 461 g/mol. The first-order valence-electron chi connectivity index (χ1n) is 12.1. The molecule has 6 heteroatoms. The molecule has 1 N–H and O–H groups in total. The Morgan fingerprint density at radius 3 is 2.51 bits per heavy atom. The summed E-state index contributed by atoms with van der Waals surface area (Å²) in [6.07, 6.45) is 1.60. The monoisotopic (exact) mass is 489 g/mol. The van der Waals surface area contributed by atoms with Crippen LogP contribution in [0.1, 0.15) is 29.7 Å². The lowest BCUT2D eigenvalue weighted by molar-refractivity contribution is -0.121. The summed E-state index contributed by atoms with van der Waals surface area (Å²) in [6.45, 7) is 5.06. The maximum absolute atomic E-state index is 13.4. The Hall–Kier alpha value is -3.15. The van der Waals surface area contributed by atoms with Crippen molar-refractivity contribution in [3.05, 3.63) is 100 Å². The fourth-order valence-corrected chi connectivity index (χ4v) is 5.16. The minimum absolute atomic E-state index is 0.0205. The summed E-state index contributed by atoms with van der Waals surface area (Å²) >= 11 is 6.48. The highest BCUT2D eigenvalue weighted by atomic mass is 35.5. The van der Waals surface area contributed by atoms with Crippen molar-refractivity contribution < 1.29 is 9.18 Å². The number of piperidine rings is 1. The average Bonchev–Trinajstić information content (AvgIpc) is 3.19. The Balaban J connectivity index is 1.27. The summed E-state index contributed by atoms with van der Waals surface area (Å²) in [4.78, 5) is 15.3. The van der Waals surface area contributed by atoms with Crippen molar-refractivity contribution in [2.24, 2.45) is 5.92 Å². The summed E-state index contributed by atoms with van der Waals surface area (Å²) in [5.41, 5.74) is 4.97. The third-order valence-corrected chi connectivity index (χ3v) is 7.34. The molecule has 180 valence electrons. The highest BCUT2D eigenvalue weighted by molar-refractivity contribution is 6.31. The van der Waals surface area contributed by atoms with E-state index in [2.05, 4.69) is 51.2 Å². The van der Waals surface area contributed by atoms with Crippen LogP contribution in [0.3, 0.4) is 0 Å². The number of likely N-dealkylation sites (tertiary alicyclic amines) is 1. The van der Waals surface area contributed by atoms with E-state index in [9.17, 15) is 9.18 Å². The third kappa shape index (κ3) is 5.26. The van der Waals surface area contributed by atoms with Gasteiger partial charge in [0.2, 0.25) is 5.91 Å². The Morgan fingerprint density at radius 1 is 1.00 bits per heavy atom. The highest BCUT2D eigenvalue weighted by Crippen LogP contribution is 2.27. The molecule has 1 aromatic heterocycles. The van der Waals surface area contributed by atoms with Gasteiger partial charge in [-0.2, -0.15) is 0 Å². The van der Waals surface area contributed by atoms with Crippen molar-refractivity contribution >= 4 is 34.1 Å². The van der Waals surface area contributed by atoms with E-state index >= 15 is 0 Å². The summed E-state index contributed by atoms with van der Waals surface area (Å²) in [6, 6.07) is 23.2. The molecule has 0 spiro atoms. The number of rotatable bonds is 6. The predicted octanol–water partition coefficient (Wildman–Crippen LogP) is 6.64. The lowest BCUT2D eigenvalue weighted by atomic mass is 9.95. The van der Waals surface area contributed by atoms with Crippen molar-refractivity contribution in [2.45, 2.75) is 32.9 Å². The zero-order chi connectivity index (χ0) is 24.4. The molecule has 0 bridgehead atoms. The summed E-state index contributed by atoms with van der Waals surface area (Å²) in [5.74, 6) is -0.308. The summed E-state index contributed by atoms with van der Waals surface area (Å²) in [7, 11) is 0. The number of benzene rings is 3. The molecule has 5 rings (SSSR count). The summed E-state index contributed by atoms with van der Waals surface area (Å²) in [5, 5.41) is 4.99. The number of carbonyl (C=O) groups excluding carboxylic acids is 1. The molecule has 1 aliphatic rings. The summed E-state index contributed by atoms with van der Waals surface area (Å²) < 4.78 is 15.7. The number of hydrogen-bond donors (Lipinski definition) is 1. The van der Waals surface area contributed by atoms with Gasteiger partial charge in [-0.15, -0.1) is 0 Å². The minimum Gasteiger partial charge on any atom is -0.339 e. The van der Waals surface area contributed by atoms with Crippen LogP contribution in [0.4, 0.5) is 10.1 Å². The normalized spacial score (nSPS) is 14.9. The third-order valence-electron chi connectivity index (χ3n) is 6.97. The molecule has 1 amide bonds. The Bertz CT molecular complexity index is 1360. The van der Waals surface area contributed by atoms with E-state index in [0.717, 1.165) is 55.2 Å². The molecule has 0 saturated carbocycles. The van der Waals surface area contributed by atoms with Gasteiger partial charge in [-0.3, -0.25) is 9.69 Å². The van der Waals surface area contributed by atoms with E-state index in [1.54, 1.807) is 6.07 Å². The van der Waals surface area contributed by atoms with Gasteiger partial charge in [-0.1, -0.05) is 48.0 Å². The van der Waals surface area contributed by atoms with E-state index in [4.69, 9.17) is 11.6 Å². The number of carbonyl (C=O) groups is 1. The maximum Gasteiger partial charge on any atom is 0.227 e. The van der Waals surface area contributed by atoms with Crippen LogP contribution in [0.15, 0.2) is 72.8 Å². The van der Waals surface area contributed by atoms with Crippen LogP contribution in [-0.4, -0.2) is 28.5 Å². The van der Waals surface area contributed by atoms with Gasteiger partial charge in [0.25, 0.3) is 0 Å². The second-order valence-corrected chi connectivity index (χ2v) is 9.78. The number of hydrogen-bond acceptors (Lipinski definition) is 2. The van der Waals surface area contributed by atoms with Gasteiger partial charge < -0.3 is 9.88 Å². The SMILES string of the molecule is Cc1cc(F)ccc1NC(=O)C1CCN(Cc2cc3ccccc3n2Cc2ccccc2Cl)CC1. The lowest BCUT2D eigenvalue weighted by Crippen LogP contribution is -2.38. The smallest absolute Gasteiger partial charge is 0.227 e. The molecule has 0 aliphatic carbocycles. The van der Waals surface area contributed by atoms with Crippen LogP contribution in [0.5, 0.6) is 0 Å². The van der Waals surface area contributed by atoms with Crippen LogP contribution in [-0.2, 0) is 17.9 Å². The Morgan fingerprint density at radius 2 is 1.74 bits per heavy atom. The second kappa shape index (κ2) is 10.2. The predicted molar refractivity (Wildman–Crippen MR) is 140 cm³/mol. The zero-order valence-corrected chi connectivity index (χ0v) is 20.6. The first kappa shape index (κ1) is 23.6. The molecule has 0 radical (unpaired) electrons. The Kier molecular flexibility index (Phi) is 6.89. The molecule has 0 unspecified atom stereocenters. The van der Waals surface area contributed by atoms with E-state index in [1.807, 2.05) is 25.1 Å². The quantitative estimate of drug-likeness (QED) is 0.329. The number of halogens is 2. The van der Waals surface area contributed by atoms with Crippen LogP contribution < -0.4 is 5.32 Å². The fraction of sp³-hybridized carbons (Fsp3) is 0.276. The van der Waals surface area contributed by atoms with E-state index < -0.39 is 0 Å². The standard InChI is InChI=1S/C29H29ClFN3O/c1-20-16-24(31)10-11-27(20)32-29(35)21-12-14-33(15-13-21)19-25-17-22-6-3-5-9-28(22)34(25)18-23-7-2-4-8-26(23)30/h2-11,16-17,21H,12-15,18-19H2,1H3,(H,32,35). The number of nitrogens with one attached hydrogen (secondary N) is 1. The first-order valence-corrected chi connectivity index (χ1v) is 12.5. The average molecular weight is 490 g/mol. The molecule has 0 atom stereocenters. The first-order chi connectivity index (χ1) is 17.0. The Labute approximate surface area is 210 Å².